The molecule has 0 radical (unpaired) electrons. The SMILES string of the molecule is Cc1c(N2CCN(Cc3ccc(C(F)(F)F)o3)C(CO)C2)c(=O)n(C[C@H](NC(=O)OC(C)(C)C)c2ccccc2)c(=O)n1Cc1ccccc1F. The molecule has 1 amide bonds. The maximum Gasteiger partial charge on any atom is 0.449 e. The van der Waals surface area contributed by atoms with E-state index in [2.05, 4.69) is 5.32 Å². The van der Waals surface area contributed by atoms with E-state index in [1.807, 2.05) is 0 Å². The maximum absolute atomic E-state index is 14.9. The second-order valence-electron chi connectivity index (χ2n) is 13.4. The molecule has 0 aliphatic carbocycles. The zero-order valence-electron chi connectivity index (χ0n) is 28.7. The van der Waals surface area contributed by atoms with Gasteiger partial charge in [0.2, 0.25) is 5.76 Å². The van der Waals surface area contributed by atoms with Crippen LogP contribution in [0.4, 0.5) is 28.0 Å². The van der Waals surface area contributed by atoms with E-state index in [4.69, 9.17) is 9.15 Å². The number of halogens is 4. The Balaban J connectivity index is 1.54. The Morgan fingerprint density at radius 1 is 0.980 bits per heavy atom. The van der Waals surface area contributed by atoms with Crippen LogP contribution in [0.1, 0.15) is 55.2 Å². The van der Waals surface area contributed by atoms with Crippen molar-refractivity contribution in [1.82, 2.24) is 19.4 Å². The summed E-state index contributed by atoms with van der Waals surface area (Å²) in [6.07, 6.45) is -5.40. The number of amides is 1. The number of aliphatic hydroxyl groups excluding tert-OH is 1. The van der Waals surface area contributed by atoms with Crippen molar-refractivity contribution in [2.45, 2.75) is 71.2 Å². The number of carbonyl (C=O) groups excluding carboxylic acids is 1. The van der Waals surface area contributed by atoms with E-state index in [0.717, 1.165) is 10.6 Å². The number of ether oxygens (including phenoxy) is 1. The number of piperazine rings is 1. The predicted octanol–water partition coefficient (Wildman–Crippen LogP) is 5.07. The molecule has 2 aromatic heterocycles. The van der Waals surface area contributed by atoms with Gasteiger partial charge in [0.1, 0.15) is 22.9 Å². The van der Waals surface area contributed by atoms with Crippen LogP contribution in [-0.2, 0) is 30.5 Å². The van der Waals surface area contributed by atoms with Crippen molar-refractivity contribution in [1.29, 1.82) is 0 Å². The number of aromatic nitrogens is 2. The Morgan fingerprint density at radius 3 is 2.29 bits per heavy atom. The lowest BCUT2D eigenvalue weighted by Crippen LogP contribution is -2.56. The highest BCUT2D eigenvalue weighted by Gasteiger charge is 2.36. The summed E-state index contributed by atoms with van der Waals surface area (Å²) in [6, 6.07) is 15.3. The highest BCUT2D eigenvalue weighted by Crippen LogP contribution is 2.31. The molecule has 15 heteroatoms. The third-order valence-corrected chi connectivity index (χ3v) is 8.63. The summed E-state index contributed by atoms with van der Waals surface area (Å²) in [6.45, 7) is 6.30. The van der Waals surface area contributed by atoms with Crippen molar-refractivity contribution in [3.8, 4) is 0 Å². The molecule has 2 aromatic carbocycles. The number of nitrogens with one attached hydrogen (secondary N) is 1. The Morgan fingerprint density at radius 2 is 1.67 bits per heavy atom. The van der Waals surface area contributed by atoms with Crippen molar-refractivity contribution in [3.63, 3.8) is 0 Å². The number of anilines is 1. The van der Waals surface area contributed by atoms with E-state index in [-0.39, 0.29) is 68.6 Å². The zero-order chi connectivity index (χ0) is 37.1. The van der Waals surface area contributed by atoms with Gasteiger partial charge in [-0.1, -0.05) is 48.5 Å². The van der Waals surface area contributed by atoms with Gasteiger partial charge < -0.3 is 24.5 Å². The van der Waals surface area contributed by atoms with Crippen LogP contribution in [0.5, 0.6) is 0 Å². The Bertz CT molecular complexity index is 1950. The minimum atomic E-state index is -4.64. The van der Waals surface area contributed by atoms with Gasteiger partial charge in [0, 0.05) is 30.9 Å². The van der Waals surface area contributed by atoms with E-state index in [0.29, 0.717) is 5.56 Å². The van der Waals surface area contributed by atoms with Crippen LogP contribution >= 0.6 is 0 Å². The average Bonchev–Trinajstić information content (AvgIpc) is 3.55. The fourth-order valence-electron chi connectivity index (χ4n) is 6.14. The van der Waals surface area contributed by atoms with Gasteiger partial charge in [-0.05, 0) is 51.5 Å². The molecular weight excluding hydrogens is 674 g/mol. The molecule has 5 rings (SSSR count). The van der Waals surface area contributed by atoms with Crippen molar-refractivity contribution in [2.75, 3.05) is 31.1 Å². The molecule has 1 saturated heterocycles. The normalized spacial score (nSPS) is 16.3. The minimum absolute atomic E-state index is 0.0137. The van der Waals surface area contributed by atoms with Crippen molar-refractivity contribution >= 4 is 11.8 Å². The molecule has 2 atom stereocenters. The smallest absolute Gasteiger partial charge is 0.449 e. The zero-order valence-corrected chi connectivity index (χ0v) is 28.7. The van der Waals surface area contributed by atoms with E-state index in [1.165, 1.54) is 28.8 Å². The molecule has 274 valence electrons. The highest BCUT2D eigenvalue weighted by atomic mass is 19.4. The topological polar surface area (TPSA) is 122 Å². The van der Waals surface area contributed by atoms with E-state index in [1.54, 1.807) is 73.9 Å². The molecule has 1 fully saturated rings. The number of alkyl halides is 3. The second-order valence-corrected chi connectivity index (χ2v) is 13.4. The number of hydrogen-bond donors (Lipinski definition) is 2. The average molecular weight is 716 g/mol. The van der Waals surface area contributed by atoms with Crippen LogP contribution in [0, 0.1) is 12.7 Å². The van der Waals surface area contributed by atoms with Crippen molar-refractivity contribution in [2.24, 2.45) is 0 Å². The quantitative estimate of drug-likeness (QED) is 0.219. The van der Waals surface area contributed by atoms with E-state index >= 15 is 0 Å². The van der Waals surface area contributed by atoms with Crippen LogP contribution in [0.2, 0.25) is 0 Å². The summed E-state index contributed by atoms with van der Waals surface area (Å²) in [4.78, 5) is 45.0. The third-order valence-electron chi connectivity index (χ3n) is 8.63. The Labute approximate surface area is 291 Å². The van der Waals surface area contributed by atoms with Crippen LogP contribution in [0.15, 0.2) is 80.7 Å². The molecule has 51 heavy (non-hydrogen) atoms. The third kappa shape index (κ3) is 8.89. The number of carbonyl (C=O) groups is 1. The number of rotatable bonds is 10. The van der Waals surface area contributed by atoms with Gasteiger partial charge in [-0.2, -0.15) is 13.2 Å². The van der Waals surface area contributed by atoms with Crippen LogP contribution < -0.4 is 21.5 Å². The number of aliphatic hydroxyl groups is 1. The summed E-state index contributed by atoms with van der Waals surface area (Å²) in [7, 11) is 0. The molecule has 11 nitrogen and oxygen atoms in total. The summed E-state index contributed by atoms with van der Waals surface area (Å²) in [5.41, 5.74) is -1.03. The Hall–Kier alpha value is -4.89. The van der Waals surface area contributed by atoms with Gasteiger partial charge >= 0.3 is 18.0 Å². The largest absolute Gasteiger partial charge is 0.455 e. The second kappa shape index (κ2) is 15.2. The lowest BCUT2D eigenvalue weighted by Gasteiger charge is -2.41. The minimum Gasteiger partial charge on any atom is -0.455 e. The standard InChI is InChI=1S/C36H41F4N5O6/c1-23-31(43-17-16-42(26(19-43)22-46)20-27-14-15-30(50-27)36(38,39)40)32(47)45(34(49)44(23)18-25-12-8-9-13-28(25)37)21-29(24-10-6-5-7-11-24)41-33(48)51-35(2,3)4/h5-15,26,29,46H,16-22H2,1-4H3,(H,41,48)/t26?,29-/m0/s1. The molecule has 1 aliphatic rings. The first-order valence-electron chi connectivity index (χ1n) is 16.4. The van der Waals surface area contributed by atoms with Gasteiger partial charge in [-0.3, -0.25) is 18.8 Å². The predicted molar refractivity (Wildman–Crippen MR) is 181 cm³/mol. The van der Waals surface area contributed by atoms with Gasteiger partial charge in [0.05, 0.1) is 38.3 Å². The number of hydrogen-bond acceptors (Lipinski definition) is 8. The number of nitrogens with zero attached hydrogens (tertiary/aromatic N) is 4. The van der Waals surface area contributed by atoms with E-state index < -0.39 is 52.8 Å². The van der Waals surface area contributed by atoms with Crippen molar-refractivity contribution in [3.05, 3.63) is 122 Å². The molecule has 1 aliphatic heterocycles. The molecule has 0 bridgehead atoms. The first kappa shape index (κ1) is 37.4. The summed E-state index contributed by atoms with van der Waals surface area (Å²) >= 11 is 0. The number of furan rings is 1. The molecule has 1 unspecified atom stereocenters. The molecule has 4 aromatic rings. The van der Waals surface area contributed by atoms with Crippen LogP contribution in [0.25, 0.3) is 0 Å². The first-order chi connectivity index (χ1) is 24.1. The lowest BCUT2D eigenvalue weighted by atomic mass is 10.1. The maximum atomic E-state index is 14.9. The Kier molecular flexibility index (Phi) is 11.1. The molecule has 2 N–H and O–H groups in total. The first-order valence-corrected chi connectivity index (χ1v) is 16.4. The fraction of sp³-hybridized carbons (Fsp3) is 0.417. The van der Waals surface area contributed by atoms with Gasteiger partial charge in [0.25, 0.3) is 5.56 Å². The molecule has 0 spiro atoms. The van der Waals surface area contributed by atoms with Crippen LogP contribution in [-0.4, -0.2) is 63.1 Å². The monoisotopic (exact) mass is 715 g/mol. The lowest BCUT2D eigenvalue weighted by molar-refractivity contribution is -0.153. The summed E-state index contributed by atoms with van der Waals surface area (Å²) in [5, 5.41) is 13.1. The molecule has 0 saturated carbocycles. The molecule has 3 heterocycles. The molecular formula is C36H41F4N5O6. The van der Waals surface area contributed by atoms with Crippen LogP contribution in [0.3, 0.4) is 0 Å². The highest BCUT2D eigenvalue weighted by molar-refractivity contribution is 5.68. The van der Waals surface area contributed by atoms with Crippen molar-refractivity contribution < 1.29 is 36.6 Å². The van der Waals surface area contributed by atoms with Gasteiger partial charge in [-0.15, -0.1) is 0 Å². The summed E-state index contributed by atoms with van der Waals surface area (Å²) in [5.74, 6) is -1.60. The van der Waals surface area contributed by atoms with E-state index in [9.17, 15) is 37.1 Å². The fourth-order valence-corrected chi connectivity index (χ4v) is 6.14. The van der Waals surface area contributed by atoms with Gasteiger partial charge in [0.15, 0.2) is 0 Å². The number of benzene rings is 2. The summed E-state index contributed by atoms with van der Waals surface area (Å²) < 4.78 is 67.1. The number of alkyl carbamates (subject to hydrolysis) is 1. The van der Waals surface area contributed by atoms with Gasteiger partial charge in [-0.25, -0.2) is 14.0 Å².